The molecule has 0 saturated heterocycles. The van der Waals surface area contributed by atoms with Crippen LogP contribution in [0.2, 0.25) is 0 Å². The molecule has 1 aromatic rings. The number of ether oxygens (including phenoxy) is 1. The van der Waals surface area contributed by atoms with Crippen molar-refractivity contribution in [3.05, 3.63) is 35.9 Å². The molecule has 0 aliphatic heterocycles. The van der Waals surface area contributed by atoms with Gasteiger partial charge >= 0.3 is 5.97 Å². The number of esters is 1. The van der Waals surface area contributed by atoms with E-state index in [1.165, 1.54) is 19.6 Å². The molecule has 0 heterocycles. The van der Waals surface area contributed by atoms with Gasteiger partial charge in [-0.25, -0.2) is 0 Å². The van der Waals surface area contributed by atoms with Gasteiger partial charge in [0.2, 0.25) is 0 Å². The molecule has 0 bridgehead atoms. The average molecular weight is 239 g/mol. The quantitative estimate of drug-likeness (QED) is 0.390. The van der Waals surface area contributed by atoms with E-state index < -0.39 is 0 Å². The van der Waals surface area contributed by atoms with E-state index in [0.717, 1.165) is 6.42 Å². The molecule has 0 atom stereocenters. The van der Waals surface area contributed by atoms with Crippen LogP contribution in [-0.2, 0) is 16.0 Å². The predicted octanol–water partition coefficient (Wildman–Crippen LogP) is 1.27. The average Bonchev–Trinajstić information content (AvgIpc) is 2.30. The second kappa shape index (κ2) is 12.0. The molecular weight excluding hydrogens is 218 g/mol. The van der Waals surface area contributed by atoms with Crippen LogP contribution >= 0.6 is 0 Å². The second-order valence-corrected chi connectivity index (χ2v) is 2.99. The standard InChI is InChI=1S/C8H10.C3H6O2.CH5N3/c1-2-8-6-4-3-5-7-8;1-3(4)5-2;2-1(3)4/h3-7H,2H2,1H3;1-2H3;(H5,2,3,4). The number of hydrogen-bond donors (Lipinski definition) is 3. The van der Waals surface area contributed by atoms with Gasteiger partial charge < -0.3 is 16.2 Å². The van der Waals surface area contributed by atoms with Crippen molar-refractivity contribution in [1.82, 2.24) is 0 Å². The molecule has 0 saturated carbocycles. The fourth-order valence-electron chi connectivity index (χ4n) is 0.714. The maximum atomic E-state index is 9.59. The number of carbonyl (C=O) groups is 1. The molecule has 1 rings (SSSR count). The Morgan fingerprint density at radius 3 is 1.82 bits per heavy atom. The number of carbonyl (C=O) groups excluding carboxylic acids is 1. The lowest BCUT2D eigenvalue weighted by Gasteiger charge is -1.89. The summed E-state index contributed by atoms with van der Waals surface area (Å²) < 4.78 is 4.11. The number of benzene rings is 1. The molecule has 96 valence electrons. The molecule has 5 nitrogen and oxygen atoms in total. The van der Waals surface area contributed by atoms with Gasteiger partial charge in [0, 0.05) is 6.92 Å². The van der Waals surface area contributed by atoms with E-state index in [1.807, 2.05) is 6.07 Å². The summed E-state index contributed by atoms with van der Waals surface area (Å²) >= 11 is 0. The number of aryl methyl sites for hydroxylation is 1. The molecule has 5 heteroatoms. The predicted molar refractivity (Wildman–Crippen MR) is 69.6 cm³/mol. The summed E-state index contributed by atoms with van der Waals surface area (Å²) in [6, 6.07) is 10.5. The number of nitrogens with two attached hydrogens (primary N) is 2. The highest BCUT2D eigenvalue weighted by atomic mass is 16.5. The lowest BCUT2D eigenvalue weighted by Crippen LogP contribution is -2.20. The maximum Gasteiger partial charge on any atom is 0.302 e. The molecule has 0 aliphatic rings. The van der Waals surface area contributed by atoms with Crippen LogP contribution in [0.15, 0.2) is 30.3 Å². The Labute approximate surface area is 102 Å². The molecule has 0 aliphatic carbocycles. The fourth-order valence-corrected chi connectivity index (χ4v) is 0.714. The van der Waals surface area contributed by atoms with E-state index >= 15 is 0 Å². The minimum Gasteiger partial charge on any atom is -0.469 e. The smallest absolute Gasteiger partial charge is 0.302 e. The zero-order valence-corrected chi connectivity index (χ0v) is 10.6. The van der Waals surface area contributed by atoms with Gasteiger partial charge in [0.05, 0.1) is 7.11 Å². The summed E-state index contributed by atoms with van der Waals surface area (Å²) in [5.74, 6) is -0.579. The van der Waals surface area contributed by atoms with Crippen molar-refractivity contribution in [2.75, 3.05) is 7.11 Å². The van der Waals surface area contributed by atoms with E-state index in [2.05, 4.69) is 47.4 Å². The Bertz CT molecular complexity index is 309. The van der Waals surface area contributed by atoms with E-state index in [9.17, 15) is 4.79 Å². The summed E-state index contributed by atoms with van der Waals surface area (Å²) in [5, 5.41) is 6.06. The van der Waals surface area contributed by atoms with Crippen molar-refractivity contribution in [3.63, 3.8) is 0 Å². The first kappa shape index (κ1) is 17.4. The molecule has 0 spiro atoms. The van der Waals surface area contributed by atoms with Crippen LogP contribution in [0, 0.1) is 5.41 Å². The van der Waals surface area contributed by atoms with Gasteiger partial charge in [0.25, 0.3) is 0 Å². The third-order valence-electron chi connectivity index (χ3n) is 1.54. The minimum atomic E-state index is -0.333. The molecule has 17 heavy (non-hydrogen) atoms. The molecule has 0 amide bonds. The van der Waals surface area contributed by atoms with Crippen molar-refractivity contribution in [1.29, 1.82) is 5.41 Å². The number of rotatable bonds is 1. The monoisotopic (exact) mass is 239 g/mol. The maximum absolute atomic E-state index is 9.59. The third kappa shape index (κ3) is 20.1. The van der Waals surface area contributed by atoms with Crippen molar-refractivity contribution < 1.29 is 9.53 Å². The summed E-state index contributed by atoms with van der Waals surface area (Å²) in [6.45, 7) is 3.52. The first-order valence-electron chi connectivity index (χ1n) is 5.12. The molecular formula is C12H21N3O2. The largest absolute Gasteiger partial charge is 0.469 e. The zero-order chi connectivity index (χ0) is 13.7. The number of methoxy groups -OCH3 is 1. The van der Waals surface area contributed by atoms with Crippen molar-refractivity contribution in [2.24, 2.45) is 11.5 Å². The zero-order valence-electron chi connectivity index (χ0n) is 10.6. The first-order valence-corrected chi connectivity index (χ1v) is 5.12. The second-order valence-electron chi connectivity index (χ2n) is 2.99. The Morgan fingerprint density at radius 2 is 1.65 bits per heavy atom. The summed E-state index contributed by atoms with van der Waals surface area (Å²) in [7, 11) is 1.35. The number of guanidine groups is 1. The van der Waals surface area contributed by atoms with Gasteiger partial charge in [-0.2, -0.15) is 0 Å². The molecule has 1 aromatic carbocycles. The van der Waals surface area contributed by atoms with Crippen LogP contribution in [0.3, 0.4) is 0 Å². The topological polar surface area (TPSA) is 102 Å². The first-order chi connectivity index (χ1) is 7.93. The van der Waals surface area contributed by atoms with Crippen LogP contribution < -0.4 is 11.5 Å². The van der Waals surface area contributed by atoms with Gasteiger partial charge in [0.1, 0.15) is 0 Å². The van der Waals surface area contributed by atoms with E-state index in [0.29, 0.717) is 0 Å². The van der Waals surface area contributed by atoms with E-state index in [4.69, 9.17) is 5.41 Å². The molecule has 0 fully saturated rings. The van der Waals surface area contributed by atoms with Crippen molar-refractivity contribution >= 4 is 11.9 Å². The highest BCUT2D eigenvalue weighted by Gasteiger charge is 1.80. The fraction of sp³-hybridized carbons (Fsp3) is 0.333. The van der Waals surface area contributed by atoms with Gasteiger partial charge in [-0.3, -0.25) is 10.2 Å². The highest BCUT2D eigenvalue weighted by Crippen LogP contribution is 1.96. The van der Waals surface area contributed by atoms with Crippen molar-refractivity contribution in [2.45, 2.75) is 20.3 Å². The summed E-state index contributed by atoms with van der Waals surface area (Å²) in [6.07, 6.45) is 1.14. The Balaban J connectivity index is 0. The third-order valence-corrected chi connectivity index (χ3v) is 1.54. The molecule has 0 aromatic heterocycles. The Hall–Kier alpha value is -2.04. The SMILES string of the molecule is CCc1ccccc1.COC(C)=O.N=C(N)N. The normalized spacial score (nSPS) is 7.71. The van der Waals surface area contributed by atoms with Crippen LogP contribution in [0.25, 0.3) is 0 Å². The van der Waals surface area contributed by atoms with Gasteiger partial charge in [-0.05, 0) is 12.0 Å². The van der Waals surface area contributed by atoms with E-state index in [1.54, 1.807) is 0 Å². The van der Waals surface area contributed by atoms with Crippen LogP contribution in [0.4, 0.5) is 0 Å². The lowest BCUT2D eigenvalue weighted by atomic mass is 10.2. The Morgan fingerprint density at radius 1 is 1.29 bits per heavy atom. The van der Waals surface area contributed by atoms with Gasteiger partial charge in [0.15, 0.2) is 5.96 Å². The molecule has 0 radical (unpaired) electrons. The van der Waals surface area contributed by atoms with Gasteiger partial charge in [-0.15, -0.1) is 0 Å². The van der Waals surface area contributed by atoms with Crippen LogP contribution in [-0.4, -0.2) is 19.0 Å². The molecule has 0 unspecified atom stereocenters. The lowest BCUT2D eigenvalue weighted by molar-refractivity contribution is -0.137. The summed E-state index contributed by atoms with van der Waals surface area (Å²) in [4.78, 5) is 9.59. The van der Waals surface area contributed by atoms with Crippen LogP contribution in [0.5, 0.6) is 0 Å². The summed E-state index contributed by atoms with van der Waals surface area (Å²) in [5.41, 5.74) is 10.4. The van der Waals surface area contributed by atoms with Crippen molar-refractivity contribution in [3.8, 4) is 0 Å². The van der Waals surface area contributed by atoms with E-state index in [-0.39, 0.29) is 11.9 Å². The van der Waals surface area contributed by atoms with Crippen LogP contribution in [0.1, 0.15) is 19.4 Å². The highest BCUT2D eigenvalue weighted by molar-refractivity contribution is 5.71. The molecule has 5 N–H and O–H groups in total. The minimum absolute atomic E-state index is 0.245. The number of nitrogens with one attached hydrogen (secondary N) is 1. The Kier molecular flexibility index (Phi) is 12.3. The van der Waals surface area contributed by atoms with Gasteiger partial charge in [-0.1, -0.05) is 37.3 Å². The number of hydrogen-bond acceptors (Lipinski definition) is 3.